The smallest absolute Gasteiger partial charge is 0.335 e. The van der Waals surface area contributed by atoms with Crippen molar-refractivity contribution in [1.82, 2.24) is 4.72 Å². The fraction of sp³-hybridized carbons (Fsp3) is 0.417. The Bertz CT molecular complexity index is 554. The van der Waals surface area contributed by atoms with E-state index in [0.29, 0.717) is 0 Å². The number of aliphatic hydroxyl groups is 1. The molecule has 0 spiro atoms. The van der Waals surface area contributed by atoms with Gasteiger partial charge in [-0.15, -0.1) is 0 Å². The van der Waals surface area contributed by atoms with Crippen molar-refractivity contribution >= 4 is 21.9 Å². The van der Waals surface area contributed by atoms with E-state index in [4.69, 9.17) is 10.2 Å². The predicted octanol–water partition coefficient (Wildman–Crippen LogP) is 0.426. The van der Waals surface area contributed by atoms with Gasteiger partial charge in [-0.1, -0.05) is 0 Å². The normalized spacial score (nSPS) is 11.6. The van der Waals surface area contributed by atoms with Crippen LogP contribution >= 0.6 is 0 Å². The van der Waals surface area contributed by atoms with Crippen LogP contribution in [0.15, 0.2) is 24.3 Å². The molecule has 0 heterocycles. The predicted molar refractivity (Wildman–Crippen MR) is 75.0 cm³/mol. The average Bonchev–Trinajstić information content (AvgIpc) is 2.34. The molecule has 20 heavy (non-hydrogen) atoms. The quantitative estimate of drug-likeness (QED) is 0.677. The molecule has 0 fully saturated rings. The number of anilines is 1. The van der Waals surface area contributed by atoms with Crippen LogP contribution in [0.3, 0.4) is 0 Å². The first-order valence-corrected chi connectivity index (χ1v) is 7.46. The van der Waals surface area contributed by atoms with Gasteiger partial charge in [-0.05, 0) is 38.1 Å². The van der Waals surface area contributed by atoms with Crippen LogP contribution in [-0.2, 0) is 10.2 Å². The highest BCUT2D eigenvalue weighted by Crippen LogP contribution is 2.18. The lowest BCUT2D eigenvalue weighted by molar-refractivity contribution is 0.0697. The molecule has 112 valence electrons. The number of hydrogen-bond donors (Lipinski definition) is 3. The van der Waals surface area contributed by atoms with E-state index in [1.807, 2.05) is 0 Å². The highest BCUT2D eigenvalue weighted by Gasteiger charge is 2.22. The van der Waals surface area contributed by atoms with Crippen LogP contribution in [0, 0.1) is 0 Å². The Balaban J connectivity index is 3.10. The zero-order valence-electron chi connectivity index (χ0n) is 11.3. The van der Waals surface area contributed by atoms with Crippen LogP contribution in [0.4, 0.5) is 5.69 Å². The monoisotopic (exact) mass is 302 g/mol. The summed E-state index contributed by atoms with van der Waals surface area (Å²) in [5.41, 5.74) is 0.351. The summed E-state index contributed by atoms with van der Waals surface area (Å²) in [6.07, 6.45) is 0. The van der Waals surface area contributed by atoms with E-state index in [9.17, 15) is 13.2 Å². The second-order valence-corrected chi connectivity index (χ2v) is 6.05. The van der Waals surface area contributed by atoms with Crippen molar-refractivity contribution in [3.8, 4) is 0 Å². The van der Waals surface area contributed by atoms with Gasteiger partial charge in [-0.2, -0.15) is 13.1 Å². The van der Waals surface area contributed by atoms with E-state index in [1.54, 1.807) is 13.8 Å². The zero-order chi connectivity index (χ0) is 15.3. The summed E-state index contributed by atoms with van der Waals surface area (Å²) < 4.78 is 27.7. The summed E-state index contributed by atoms with van der Waals surface area (Å²) in [6.45, 7) is 2.90. The number of carboxylic acid groups (broad SMARTS) is 1. The van der Waals surface area contributed by atoms with Gasteiger partial charge in [-0.3, -0.25) is 4.31 Å². The van der Waals surface area contributed by atoms with Crippen molar-refractivity contribution in [1.29, 1.82) is 0 Å². The van der Waals surface area contributed by atoms with Gasteiger partial charge in [0.1, 0.15) is 0 Å². The average molecular weight is 302 g/mol. The molecule has 8 heteroatoms. The molecular weight excluding hydrogens is 284 g/mol. The molecule has 0 aliphatic rings. The molecule has 1 aromatic carbocycles. The van der Waals surface area contributed by atoms with Gasteiger partial charge in [0.15, 0.2) is 0 Å². The second kappa shape index (κ2) is 6.69. The molecule has 3 N–H and O–H groups in total. The molecule has 7 nitrogen and oxygen atoms in total. The van der Waals surface area contributed by atoms with Crippen LogP contribution in [0.1, 0.15) is 24.2 Å². The first-order chi connectivity index (χ1) is 9.27. The Hall–Kier alpha value is -1.64. The van der Waals surface area contributed by atoms with Crippen molar-refractivity contribution < 1.29 is 23.4 Å². The molecule has 0 saturated carbocycles. The Labute approximate surface area is 118 Å². The van der Waals surface area contributed by atoms with Crippen LogP contribution in [0.2, 0.25) is 0 Å². The SMILES string of the molecule is CC(C)NS(=O)(=O)N(CCO)c1ccc(C(=O)O)cc1. The number of rotatable bonds is 7. The number of benzene rings is 1. The Morgan fingerprint density at radius 3 is 2.25 bits per heavy atom. The van der Waals surface area contributed by atoms with E-state index >= 15 is 0 Å². The maximum Gasteiger partial charge on any atom is 0.335 e. The molecule has 0 amide bonds. The number of aromatic carboxylic acids is 1. The third kappa shape index (κ3) is 4.19. The summed E-state index contributed by atoms with van der Waals surface area (Å²) in [5, 5.41) is 17.8. The highest BCUT2D eigenvalue weighted by molar-refractivity contribution is 7.90. The lowest BCUT2D eigenvalue weighted by atomic mass is 10.2. The Morgan fingerprint density at radius 2 is 1.85 bits per heavy atom. The van der Waals surface area contributed by atoms with E-state index in [-0.39, 0.29) is 30.4 Å². The summed E-state index contributed by atoms with van der Waals surface area (Å²) in [7, 11) is -3.79. The summed E-state index contributed by atoms with van der Waals surface area (Å²) in [4.78, 5) is 10.8. The van der Waals surface area contributed by atoms with Gasteiger partial charge in [0, 0.05) is 6.04 Å². The second-order valence-electron chi connectivity index (χ2n) is 4.43. The number of nitrogens with one attached hydrogen (secondary N) is 1. The Morgan fingerprint density at radius 1 is 1.30 bits per heavy atom. The fourth-order valence-electron chi connectivity index (χ4n) is 1.61. The minimum atomic E-state index is -3.79. The van der Waals surface area contributed by atoms with Crippen molar-refractivity contribution in [2.24, 2.45) is 0 Å². The summed E-state index contributed by atoms with van der Waals surface area (Å²) in [6, 6.07) is 5.11. The van der Waals surface area contributed by atoms with E-state index < -0.39 is 16.2 Å². The molecular formula is C12H18N2O5S. The number of carboxylic acids is 1. The topological polar surface area (TPSA) is 107 Å². The minimum Gasteiger partial charge on any atom is -0.478 e. The first kappa shape index (κ1) is 16.4. The lowest BCUT2D eigenvalue weighted by Crippen LogP contribution is -2.45. The van der Waals surface area contributed by atoms with E-state index in [1.165, 1.54) is 24.3 Å². The summed E-state index contributed by atoms with van der Waals surface area (Å²) >= 11 is 0. The van der Waals surface area contributed by atoms with Crippen LogP contribution in [0.25, 0.3) is 0 Å². The van der Waals surface area contributed by atoms with Gasteiger partial charge >= 0.3 is 16.2 Å². The van der Waals surface area contributed by atoms with Gasteiger partial charge in [0.05, 0.1) is 24.4 Å². The van der Waals surface area contributed by atoms with Crippen molar-refractivity contribution in [3.63, 3.8) is 0 Å². The molecule has 0 bridgehead atoms. The third-order valence-electron chi connectivity index (χ3n) is 2.38. The standard InChI is InChI=1S/C12H18N2O5S/c1-9(2)13-20(18,19)14(7-8-15)11-5-3-10(4-6-11)12(16)17/h3-6,9,13,15H,7-8H2,1-2H3,(H,16,17). The van der Waals surface area contributed by atoms with Crippen molar-refractivity contribution in [2.75, 3.05) is 17.5 Å². The van der Waals surface area contributed by atoms with E-state index in [2.05, 4.69) is 4.72 Å². The first-order valence-electron chi connectivity index (χ1n) is 6.02. The fourth-order valence-corrected chi connectivity index (χ4v) is 3.05. The third-order valence-corrected chi connectivity index (χ3v) is 4.12. The van der Waals surface area contributed by atoms with Crippen LogP contribution < -0.4 is 9.03 Å². The van der Waals surface area contributed by atoms with Crippen LogP contribution in [0.5, 0.6) is 0 Å². The minimum absolute atomic E-state index is 0.0620. The Kier molecular flexibility index (Phi) is 5.49. The summed E-state index contributed by atoms with van der Waals surface area (Å²) in [5.74, 6) is -1.09. The number of nitrogens with zero attached hydrogens (tertiary/aromatic N) is 1. The van der Waals surface area contributed by atoms with Crippen molar-refractivity contribution in [2.45, 2.75) is 19.9 Å². The molecule has 0 atom stereocenters. The molecule has 0 saturated heterocycles. The largest absolute Gasteiger partial charge is 0.478 e. The zero-order valence-corrected chi connectivity index (χ0v) is 12.1. The van der Waals surface area contributed by atoms with Crippen LogP contribution in [-0.4, -0.2) is 43.8 Å². The molecule has 0 aliphatic carbocycles. The molecule has 1 rings (SSSR count). The van der Waals surface area contributed by atoms with Gasteiger partial charge in [-0.25, -0.2) is 4.79 Å². The number of aliphatic hydroxyl groups excluding tert-OH is 1. The maximum atomic E-state index is 12.1. The molecule has 0 aliphatic heterocycles. The van der Waals surface area contributed by atoms with Gasteiger partial charge in [0.2, 0.25) is 0 Å². The van der Waals surface area contributed by atoms with Gasteiger partial charge < -0.3 is 10.2 Å². The molecule has 0 unspecified atom stereocenters. The molecule has 0 radical (unpaired) electrons. The van der Waals surface area contributed by atoms with E-state index in [0.717, 1.165) is 4.31 Å². The molecule has 0 aromatic heterocycles. The maximum absolute atomic E-state index is 12.1. The number of carbonyl (C=O) groups is 1. The van der Waals surface area contributed by atoms with Crippen molar-refractivity contribution in [3.05, 3.63) is 29.8 Å². The lowest BCUT2D eigenvalue weighted by Gasteiger charge is -2.25. The number of hydrogen-bond acceptors (Lipinski definition) is 4. The highest BCUT2D eigenvalue weighted by atomic mass is 32.2. The molecule has 1 aromatic rings. The van der Waals surface area contributed by atoms with Gasteiger partial charge in [0.25, 0.3) is 0 Å².